The van der Waals surface area contributed by atoms with Gasteiger partial charge in [0.2, 0.25) is 0 Å². The van der Waals surface area contributed by atoms with Crippen LogP contribution in [0.3, 0.4) is 0 Å². The van der Waals surface area contributed by atoms with Crippen LogP contribution in [-0.4, -0.2) is 73.3 Å². The van der Waals surface area contributed by atoms with E-state index in [2.05, 4.69) is 44.3 Å². The minimum absolute atomic E-state index is 0.159. The number of thiophene rings is 1. The highest BCUT2D eigenvalue weighted by Crippen LogP contribution is 2.33. The summed E-state index contributed by atoms with van der Waals surface area (Å²) in [5.41, 5.74) is 4.11. The van der Waals surface area contributed by atoms with Crippen molar-refractivity contribution in [3.8, 4) is 11.4 Å². The van der Waals surface area contributed by atoms with Gasteiger partial charge in [0.1, 0.15) is 16.2 Å². The molecule has 0 saturated carbocycles. The summed E-state index contributed by atoms with van der Waals surface area (Å²) < 4.78 is 5.18. The molecule has 0 unspecified atom stereocenters. The lowest BCUT2D eigenvalue weighted by Gasteiger charge is -2.34. The van der Waals surface area contributed by atoms with Gasteiger partial charge in [0.05, 0.1) is 23.3 Å². The predicted molar refractivity (Wildman–Crippen MR) is 128 cm³/mol. The van der Waals surface area contributed by atoms with Gasteiger partial charge in [0.25, 0.3) is 5.56 Å². The number of aromatic amines is 2. The first-order valence-corrected chi connectivity index (χ1v) is 11.3. The second-order valence-corrected chi connectivity index (χ2v) is 8.78. The van der Waals surface area contributed by atoms with E-state index in [0.717, 1.165) is 53.1 Å². The van der Waals surface area contributed by atoms with E-state index < -0.39 is 0 Å². The zero-order chi connectivity index (χ0) is 21.4. The SMILES string of the molecule is COCCNc1c(-c2nc3ccc(N4CCN(C)CC4)cc3[nH]2)c(=O)[nH]c2sccc12. The highest BCUT2D eigenvalue weighted by Gasteiger charge is 2.20. The number of likely N-dealkylation sites (N-methyl/N-ethyl adjacent to an activating group) is 1. The van der Waals surface area contributed by atoms with Gasteiger partial charge in [-0.1, -0.05) is 0 Å². The Morgan fingerprint density at radius 2 is 2.03 bits per heavy atom. The van der Waals surface area contributed by atoms with Gasteiger partial charge in [-0.15, -0.1) is 11.3 Å². The van der Waals surface area contributed by atoms with E-state index in [0.29, 0.717) is 24.5 Å². The first-order chi connectivity index (χ1) is 15.1. The molecular weight excluding hydrogens is 412 g/mol. The van der Waals surface area contributed by atoms with Crippen molar-refractivity contribution >= 4 is 44.0 Å². The number of nitrogens with one attached hydrogen (secondary N) is 3. The Kier molecular flexibility index (Phi) is 5.39. The number of anilines is 2. The molecule has 1 aromatic carbocycles. The molecule has 9 heteroatoms. The summed E-state index contributed by atoms with van der Waals surface area (Å²) in [5.74, 6) is 0.569. The fourth-order valence-electron chi connectivity index (χ4n) is 4.08. The Morgan fingerprint density at radius 3 is 2.84 bits per heavy atom. The monoisotopic (exact) mass is 438 g/mol. The molecule has 162 valence electrons. The van der Waals surface area contributed by atoms with E-state index in [1.54, 1.807) is 7.11 Å². The van der Waals surface area contributed by atoms with Gasteiger partial charge in [-0.25, -0.2) is 4.98 Å². The molecule has 5 rings (SSSR count). The quantitative estimate of drug-likeness (QED) is 0.401. The summed E-state index contributed by atoms with van der Waals surface area (Å²) >= 11 is 1.52. The molecule has 0 radical (unpaired) electrons. The van der Waals surface area contributed by atoms with Crippen molar-refractivity contribution in [2.24, 2.45) is 0 Å². The molecule has 0 bridgehead atoms. The Morgan fingerprint density at radius 1 is 1.19 bits per heavy atom. The molecule has 4 aromatic rings. The summed E-state index contributed by atoms with van der Waals surface area (Å²) in [7, 11) is 3.82. The lowest BCUT2D eigenvalue weighted by atomic mass is 10.1. The molecular formula is C22H26N6O2S. The van der Waals surface area contributed by atoms with Gasteiger partial charge >= 0.3 is 0 Å². The minimum atomic E-state index is -0.159. The molecule has 0 atom stereocenters. The van der Waals surface area contributed by atoms with Crippen molar-refractivity contribution in [1.29, 1.82) is 0 Å². The van der Waals surface area contributed by atoms with Crippen LogP contribution in [0.4, 0.5) is 11.4 Å². The predicted octanol–water partition coefficient (Wildman–Crippen LogP) is 2.94. The lowest BCUT2D eigenvalue weighted by Crippen LogP contribution is -2.44. The fraction of sp³-hybridized carbons (Fsp3) is 0.364. The van der Waals surface area contributed by atoms with Crippen LogP contribution in [0.25, 0.3) is 32.6 Å². The number of hydrogen-bond donors (Lipinski definition) is 3. The van der Waals surface area contributed by atoms with E-state index in [1.807, 2.05) is 17.5 Å². The number of H-pyrrole nitrogens is 2. The third-order valence-corrected chi connectivity index (χ3v) is 6.65. The van der Waals surface area contributed by atoms with Crippen LogP contribution in [0.15, 0.2) is 34.4 Å². The Labute approximate surface area is 183 Å². The van der Waals surface area contributed by atoms with Crippen molar-refractivity contribution in [3.05, 3.63) is 40.0 Å². The van der Waals surface area contributed by atoms with E-state index in [9.17, 15) is 4.79 Å². The molecule has 1 aliphatic heterocycles. The van der Waals surface area contributed by atoms with Gasteiger partial charge in [-0.2, -0.15) is 0 Å². The average molecular weight is 439 g/mol. The van der Waals surface area contributed by atoms with Gasteiger partial charge in [-0.05, 0) is 36.7 Å². The molecule has 0 aliphatic carbocycles. The van der Waals surface area contributed by atoms with Crippen molar-refractivity contribution in [2.75, 3.05) is 63.7 Å². The van der Waals surface area contributed by atoms with Crippen molar-refractivity contribution in [2.45, 2.75) is 0 Å². The van der Waals surface area contributed by atoms with E-state index in [1.165, 1.54) is 17.0 Å². The smallest absolute Gasteiger partial charge is 0.262 e. The zero-order valence-corrected chi connectivity index (χ0v) is 18.5. The number of aromatic nitrogens is 3. The van der Waals surface area contributed by atoms with Gasteiger partial charge in [-0.3, -0.25) is 4.79 Å². The molecule has 0 amide bonds. The number of hydrogen-bond acceptors (Lipinski definition) is 7. The van der Waals surface area contributed by atoms with Crippen LogP contribution in [-0.2, 0) is 4.74 Å². The Balaban J connectivity index is 1.56. The minimum Gasteiger partial charge on any atom is -0.383 e. The van der Waals surface area contributed by atoms with E-state index >= 15 is 0 Å². The summed E-state index contributed by atoms with van der Waals surface area (Å²) in [6.07, 6.45) is 0. The second kappa shape index (κ2) is 8.33. The second-order valence-electron chi connectivity index (χ2n) is 7.86. The maximum absolute atomic E-state index is 13.0. The van der Waals surface area contributed by atoms with Crippen LogP contribution in [0, 0.1) is 0 Å². The number of fused-ring (bicyclic) bond motifs is 2. The first kappa shape index (κ1) is 20.0. The van der Waals surface area contributed by atoms with Crippen LogP contribution in [0.2, 0.25) is 0 Å². The number of ether oxygens (including phenoxy) is 1. The Hall–Kier alpha value is -2.88. The molecule has 3 aromatic heterocycles. The van der Waals surface area contributed by atoms with E-state index in [4.69, 9.17) is 9.72 Å². The summed E-state index contributed by atoms with van der Waals surface area (Å²) in [5, 5.41) is 6.34. The molecule has 31 heavy (non-hydrogen) atoms. The highest BCUT2D eigenvalue weighted by atomic mass is 32.1. The van der Waals surface area contributed by atoms with Crippen LogP contribution in [0.5, 0.6) is 0 Å². The number of nitrogens with zero attached hydrogens (tertiary/aromatic N) is 3. The number of methoxy groups -OCH3 is 1. The molecule has 3 N–H and O–H groups in total. The largest absolute Gasteiger partial charge is 0.383 e. The zero-order valence-electron chi connectivity index (χ0n) is 17.7. The van der Waals surface area contributed by atoms with Crippen molar-refractivity contribution in [1.82, 2.24) is 19.9 Å². The van der Waals surface area contributed by atoms with Crippen molar-refractivity contribution in [3.63, 3.8) is 0 Å². The normalized spacial score (nSPS) is 15.2. The van der Waals surface area contributed by atoms with Crippen LogP contribution >= 0.6 is 11.3 Å². The summed E-state index contributed by atoms with van der Waals surface area (Å²) in [4.78, 5) is 29.7. The number of imidazole rings is 1. The summed E-state index contributed by atoms with van der Waals surface area (Å²) in [6, 6.07) is 8.29. The topological polar surface area (TPSA) is 89.3 Å². The molecule has 1 aliphatic rings. The molecule has 0 spiro atoms. The molecule has 1 fully saturated rings. The lowest BCUT2D eigenvalue weighted by molar-refractivity contribution is 0.211. The van der Waals surface area contributed by atoms with Crippen molar-refractivity contribution < 1.29 is 4.74 Å². The maximum atomic E-state index is 13.0. The van der Waals surface area contributed by atoms with Gasteiger partial charge in [0.15, 0.2) is 0 Å². The number of benzene rings is 1. The maximum Gasteiger partial charge on any atom is 0.262 e. The van der Waals surface area contributed by atoms with Crippen LogP contribution < -0.4 is 15.8 Å². The van der Waals surface area contributed by atoms with Gasteiger partial charge < -0.3 is 29.8 Å². The number of rotatable bonds is 6. The third kappa shape index (κ3) is 3.80. The molecule has 4 heterocycles. The number of pyridine rings is 1. The molecule has 1 saturated heterocycles. The fourth-order valence-corrected chi connectivity index (χ4v) is 4.87. The first-order valence-electron chi connectivity index (χ1n) is 10.4. The Bertz CT molecular complexity index is 1270. The molecule has 8 nitrogen and oxygen atoms in total. The van der Waals surface area contributed by atoms with Gasteiger partial charge in [0, 0.05) is 50.9 Å². The van der Waals surface area contributed by atoms with Crippen LogP contribution in [0.1, 0.15) is 0 Å². The standard InChI is InChI=1S/C22H26N6O2S/c1-27-7-9-28(10-8-27)14-3-4-16-17(13-14)25-20(24-16)18-19(23-6-11-30-2)15-5-12-31-22(15)26-21(18)29/h3-5,12-13H,6-11H2,1-2H3,(H,24,25)(H2,23,26,29). The highest BCUT2D eigenvalue weighted by molar-refractivity contribution is 7.16. The average Bonchev–Trinajstić information content (AvgIpc) is 3.40. The van der Waals surface area contributed by atoms with E-state index in [-0.39, 0.29) is 5.56 Å². The number of piperazine rings is 1. The third-order valence-electron chi connectivity index (χ3n) is 5.82. The summed E-state index contributed by atoms with van der Waals surface area (Å²) in [6.45, 7) is 5.27.